The molecule has 0 radical (unpaired) electrons. The van der Waals surface area contributed by atoms with Crippen LogP contribution in [0.2, 0.25) is 0 Å². The molecular formula is C44H81N. The lowest BCUT2D eigenvalue weighted by Crippen LogP contribution is -2.37. The number of nitrogens with zero attached hydrogens (tertiary/aromatic N) is 1. The highest BCUT2D eigenvalue weighted by atomic mass is 15.1. The molecule has 0 amide bonds. The molecule has 0 spiro atoms. The zero-order chi connectivity index (χ0) is 32.5. The van der Waals surface area contributed by atoms with E-state index in [0.29, 0.717) is 5.41 Å². The topological polar surface area (TPSA) is 3.24 Å². The Hall–Kier alpha value is -1.08. The number of unbranched alkanes of at least 4 members (excludes halogenated alkanes) is 18. The minimum Gasteiger partial charge on any atom is -0.306 e. The SMILES string of the molecule is CCCCCC=CCC=CCCCCCCCCC1(CCCCCCCCC=CCC=CCCCCC)CCC(N(C)C)CC1. The molecule has 45 heavy (non-hydrogen) atoms. The zero-order valence-electron chi connectivity index (χ0n) is 31.4. The van der Waals surface area contributed by atoms with Crippen molar-refractivity contribution in [2.75, 3.05) is 14.1 Å². The van der Waals surface area contributed by atoms with Crippen LogP contribution in [-0.2, 0) is 0 Å². The van der Waals surface area contributed by atoms with E-state index < -0.39 is 0 Å². The molecule has 0 unspecified atom stereocenters. The monoisotopic (exact) mass is 624 g/mol. The summed E-state index contributed by atoms with van der Waals surface area (Å²) in [6.45, 7) is 4.56. The van der Waals surface area contributed by atoms with E-state index in [9.17, 15) is 0 Å². The highest BCUT2D eigenvalue weighted by molar-refractivity contribution is 4.93. The third-order valence-corrected chi connectivity index (χ3v) is 10.6. The van der Waals surface area contributed by atoms with Gasteiger partial charge in [-0.2, -0.15) is 0 Å². The predicted molar refractivity (Wildman–Crippen MR) is 206 cm³/mol. The molecule has 1 nitrogen and oxygen atoms in total. The quantitative estimate of drug-likeness (QED) is 0.0548. The second-order valence-corrected chi connectivity index (χ2v) is 14.9. The third kappa shape index (κ3) is 25.7. The molecule has 1 aliphatic carbocycles. The van der Waals surface area contributed by atoms with Crippen LogP contribution in [0.25, 0.3) is 0 Å². The molecule has 0 N–H and O–H groups in total. The zero-order valence-corrected chi connectivity index (χ0v) is 31.4. The third-order valence-electron chi connectivity index (χ3n) is 10.6. The predicted octanol–water partition coefficient (Wildman–Crippen LogP) is 14.9. The fraction of sp³-hybridized carbons (Fsp3) is 0.818. The van der Waals surface area contributed by atoms with Gasteiger partial charge >= 0.3 is 0 Å². The van der Waals surface area contributed by atoms with E-state index in [2.05, 4.69) is 81.5 Å². The Labute approximate surface area is 284 Å². The lowest BCUT2D eigenvalue weighted by molar-refractivity contribution is 0.0938. The molecule has 0 atom stereocenters. The first-order chi connectivity index (χ1) is 22.1. The van der Waals surface area contributed by atoms with Crippen LogP contribution in [-0.4, -0.2) is 25.0 Å². The molecule has 262 valence electrons. The van der Waals surface area contributed by atoms with Crippen molar-refractivity contribution in [1.29, 1.82) is 0 Å². The van der Waals surface area contributed by atoms with Gasteiger partial charge in [-0.15, -0.1) is 0 Å². The van der Waals surface area contributed by atoms with Crippen molar-refractivity contribution >= 4 is 0 Å². The summed E-state index contributed by atoms with van der Waals surface area (Å²) in [4.78, 5) is 2.49. The fourth-order valence-corrected chi connectivity index (χ4v) is 7.33. The summed E-state index contributed by atoms with van der Waals surface area (Å²) in [6.07, 6.45) is 60.5. The fourth-order valence-electron chi connectivity index (χ4n) is 7.33. The van der Waals surface area contributed by atoms with E-state index in [-0.39, 0.29) is 0 Å². The molecule has 0 saturated heterocycles. The van der Waals surface area contributed by atoms with Gasteiger partial charge in [0.1, 0.15) is 0 Å². The largest absolute Gasteiger partial charge is 0.306 e. The summed E-state index contributed by atoms with van der Waals surface area (Å²) in [7, 11) is 4.59. The molecule has 1 fully saturated rings. The summed E-state index contributed by atoms with van der Waals surface area (Å²) in [5.74, 6) is 0. The van der Waals surface area contributed by atoms with Crippen molar-refractivity contribution in [1.82, 2.24) is 4.90 Å². The van der Waals surface area contributed by atoms with Gasteiger partial charge in [-0.25, -0.2) is 0 Å². The van der Waals surface area contributed by atoms with Gasteiger partial charge in [-0.1, -0.05) is 152 Å². The Morgan fingerprint density at radius 2 is 0.778 bits per heavy atom. The summed E-state index contributed by atoms with van der Waals surface area (Å²) in [6, 6.07) is 0.824. The van der Waals surface area contributed by atoms with Crippen LogP contribution in [0.1, 0.15) is 206 Å². The molecule has 0 bridgehead atoms. The van der Waals surface area contributed by atoms with Crippen molar-refractivity contribution in [2.24, 2.45) is 5.41 Å². The molecular weight excluding hydrogens is 542 g/mol. The molecule has 1 heteroatoms. The van der Waals surface area contributed by atoms with Crippen molar-refractivity contribution in [2.45, 2.75) is 213 Å². The second-order valence-electron chi connectivity index (χ2n) is 14.9. The van der Waals surface area contributed by atoms with Crippen molar-refractivity contribution < 1.29 is 0 Å². The van der Waals surface area contributed by atoms with Gasteiger partial charge in [-0.05, 0) is 122 Å². The lowest BCUT2D eigenvalue weighted by atomic mass is 9.66. The van der Waals surface area contributed by atoms with Crippen LogP contribution in [0.3, 0.4) is 0 Å². The molecule has 0 aromatic heterocycles. The van der Waals surface area contributed by atoms with Crippen molar-refractivity contribution in [3.05, 3.63) is 48.6 Å². The van der Waals surface area contributed by atoms with Crippen LogP contribution < -0.4 is 0 Å². The van der Waals surface area contributed by atoms with Crippen LogP contribution in [0, 0.1) is 5.41 Å². The van der Waals surface area contributed by atoms with Gasteiger partial charge in [-0.3, -0.25) is 0 Å². The number of rotatable bonds is 31. The van der Waals surface area contributed by atoms with E-state index in [1.807, 2.05) is 0 Å². The smallest absolute Gasteiger partial charge is 0.00895 e. The number of allylic oxidation sites excluding steroid dienone is 8. The maximum Gasteiger partial charge on any atom is 0.00895 e. The molecule has 0 heterocycles. The van der Waals surface area contributed by atoms with E-state index in [1.165, 1.54) is 180 Å². The van der Waals surface area contributed by atoms with E-state index in [0.717, 1.165) is 18.9 Å². The average Bonchev–Trinajstić information content (AvgIpc) is 3.04. The van der Waals surface area contributed by atoms with Gasteiger partial charge in [0.25, 0.3) is 0 Å². The highest BCUT2D eigenvalue weighted by Gasteiger charge is 2.34. The molecule has 1 rings (SSSR count). The molecule has 1 saturated carbocycles. The Morgan fingerprint density at radius 3 is 1.13 bits per heavy atom. The van der Waals surface area contributed by atoms with Crippen LogP contribution in [0.4, 0.5) is 0 Å². The van der Waals surface area contributed by atoms with Gasteiger partial charge < -0.3 is 4.90 Å². The van der Waals surface area contributed by atoms with Crippen molar-refractivity contribution in [3.8, 4) is 0 Å². The summed E-state index contributed by atoms with van der Waals surface area (Å²) < 4.78 is 0. The maximum absolute atomic E-state index is 2.49. The van der Waals surface area contributed by atoms with Crippen LogP contribution in [0.5, 0.6) is 0 Å². The van der Waals surface area contributed by atoms with E-state index in [1.54, 1.807) is 0 Å². The Morgan fingerprint density at radius 1 is 0.444 bits per heavy atom. The summed E-state index contributed by atoms with van der Waals surface area (Å²) in [5.41, 5.74) is 0.664. The first-order valence-corrected chi connectivity index (χ1v) is 20.4. The molecule has 1 aliphatic rings. The second kappa shape index (κ2) is 31.5. The first-order valence-electron chi connectivity index (χ1n) is 20.4. The van der Waals surface area contributed by atoms with Crippen LogP contribution >= 0.6 is 0 Å². The molecule has 0 aliphatic heterocycles. The lowest BCUT2D eigenvalue weighted by Gasteiger charge is -2.42. The number of hydrogen-bond acceptors (Lipinski definition) is 1. The normalized spacial score (nSPS) is 19.4. The van der Waals surface area contributed by atoms with E-state index in [4.69, 9.17) is 0 Å². The number of hydrogen-bond donors (Lipinski definition) is 0. The van der Waals surface area contributed by atoms with Crippen molar-refractivity contribution in [3.63, 3.8) is 0 Å². The Bertz CT molecular complexity index is 667. The van der Waals surface area contributed by atoms with Gasteiger partial charge in [0.2, 0.25) is 0 Å². The van der Waals surface area contributed by atoms with Gasteiger partial charge in [0.15, 0.2) is 0 Å². The standard InChI is InChI=1S/C44H81N/c1-5-7-9-11-13-15-17-19-21-23-25-27-29-31-33-35-39-44(41-37-43(38-42-44)45(3)4)40-36-34-32-30-28-26-24-22-20-18-16-14-12-10-8-6-2/h13-16,19-22,43H,5-12,17-18,23-42H2,1-4H3. The van der Waals surface area contributed by atoms with Gasteiger partial charge in [0, 0.05) is 6.04 Å². The van der Waals surface area contributed by atoms with E-state index >= 15 is 0 Å². The Kier molecular flexibility index (Phi) is 29.4. The Balaban J connectivity index is 2.13. The minimum absolute atomic E-state index is 0.664. The average molecular weight is 624 g/mol. The molecule has 0 aromatic carbocycles. The maximum atomic E-state index is 2.49. The first kappa shape index (κ1) is 41.9. The highest BCUT2D eigenvalue weighted by Crippen LogP contribution is 2.45. The minimum atomic E-state index is 0.664. The summed E-state index contributed by atoms with van der Waals surface area (Å²) >= 11 is 0. The molecule has 0 aromatic rings. The van der Waals surface area contributed by atoms with Gasteiger partial charge in [0.05, 0.1) is 0 Å². The van der Waals surface area contributed by atoms with Crippen LogP contribution in [0.15, 0.2) is 48.6 Å². The summed E-state index contributed by atoms with van der Waals surface area (Å²) in [5, 5.41) is 0.